The van der Waals surface area contributed by atoms with Crippen molar-refractivity contribution < 1.29 is 14.3 Å². The summed E-state index contributed by atoms with van der Waals surface area (Å²) >= 11 is 0. The monoisotopic (exact) mass is 217 g/mol. The molecule has 1 heterocycles. The molecular formula is C12H11NO3. The van der Waals surface area contributed by atoms with Gasteiger partial charge in [0, 0.05) is 6.08 Å². The van der Waals surface area contributed by atoms with E-state index in [1.165, 1.54) is 6.08 Å². The van der Waals surface area contributed by atoms with Gasteiger partial charge < -0.3 is 4.74 Å². The number of rotatable bonds is 3. The average Bonchev–Trinajstić information content (AvgIpc) is 3.11. The van der Waals surface area contributed by atoms with Crippen LogP contribution in [0.5, 0.6) is 0 Å². The predicted molar refractivity (Wildman–Crippen MR) is 58.4 cm³/mol. The molecule has 1 fully saturated rings. The number of benzene rings is 1. The second-order valence-electron chi connectivity index (χ2n) is 3.42. The second kappa shape index (κ2) is 4.72. The Hall–Kier alpha value is -1.94. The van der Waals surface area contributed by atoms with E-state index in [1.54, 1.807) is 6.08 Å². The van der Waals surface area contributed by atoms with E-state index in [4.69, 9.17) is 4.74 Å². The van der Waals surface area contributed by atoms with E-state index in [0.717, 1.165) is 5.56 Å². The van der Waals surface area contributed by atoms with Crippen LogP contribution in [0.25, 0.3) is 6.08 Å². The molecular weight excluding hydrogens is 206 g/mol. The quantitative estimate of drug-likeness (QED) is 0.600. The SMILES string of the molecule is O=C(/C=C/c1ccccc1)NC(=O)C1CO1. The van der Waals surface area contributed by atoms with Crippen molar-refractivity contribution in [3.63, 3.8) is 0 Å². The third-order valence-corrected chi connectivity index (χ3v) is 2.10. The van der Waals surface area contributed by atoms with Gasteiger partial charge in [0.25, 0.3) is 11.8 Å². The highest BCUT2D eigenvalue weighted by Gasteiger charge is 2.31. The summed E-state index contributed by atoms with van der Waals surface area (Å²) < 4.78 is 4.75. The Morgan fingerprint density at radius 1 is 1.31 bits per heavy atom. The number of imide groups is 1. The van der Waals surface area contributed by atoms with Crippen molar-refractivity contribution in [3.05, 3.63) is 42.0 Å². The van der Waals surface area contributed by atoms with Crippen molar-refractivity contribution >= 4 is 17.9 Å². The molecule has 0 bridgehead atoms. The molecule has 1 aliphatic heterocycles. The van der Waals surface area contributed by atoms with Crippen LogP contribution in [0, 0.1) is 0 Å². The molecule has 1 unspecified atom stereocenters. The lowest BCUT2D eigenvalue weighted by atomic mass is 10.2. The molecule has 0 spiro atoms. The lowest BCUT2D eigenvalue weighted by molar-refractivity contribution is -0.128. The van der Waals surface area contributed by atoms with Gasteiger partial charge in [-0.05, 0) is 11.6 Å². The molecule has 2 rings (SSSR count). The fourth-order valence-electron chi connectivity index (χ4n) is 1.18. The second-order valence-corrected chi connectivity index (χ2v) is 3.42. The fourth-order valence-corrected chi connectivity index (χ4v) is 1.18. The van der Waals surface area contributed by atoms with Crippen LogP contribution in [0.2, 0.25) is 0 Å². The molecule has 1 aromatic carbocycles. The molecule has 1 aliphatic rings. The zero-order chi connectivity index (χ0) is 11.4. The highest BCUT2D eigenvalue weighted by atomic mass is 16.6. The number of nitrogens with one attached hydrogen (secondary N) is 1. The van der Waals surface area contributed by atoms with Crippen LogP contribution in [-0.2, 0) is 14.3 Å². The van der Waals surface area contributed by atoms with Crippen molar-refractivity contribution in [3.8, 4) is 0 Å². The van der Waals surface area contributed by atoms with Gasteiger partial charge in [0.2, 0.25) is 0 Å². The molecule has 4 heteroatoms. The summed E-state index contributed by atoms with van der Waals surface area (Å²) in [5, 5.41) is 2.22. The predicted octanol–water partition coefficient (Wildman–Crippen LogP) is 0.741. The minimum absolute atomic E-state index is 0.372. The first-order valence-corrected chi connectivity index (χ1v) is 4.95. The molecule has 0 radical (unpaired) electrons. The van der Waals surface area contributed by atoms with E-state index in [0.29, 0.717) is 6.61 Å². The summed E-state index contributed by atoms with van der Waals surface area (Å²) in [5.41, 5.74) is 0.910. The van der Waals surface area contributed by atoms with Gasteiger partial charge in [0.15, 0.2) is 6.10 Å². The molecule has 0 aliphatic carbocycles. The van der Waals surface area contributed by atoms with Gasteiger partial charge in [-0.25, -0.2) is 0 Å². The summed E-state index contributed by atoms with van der Waals surface area (Å²) in [6.45, 7) is 0.404. The lowest BCUT2D eigenvalue weighted by Crippen LogP contribution is -2.32. The first-order chi connectivity index (χ1) is 7.75. The summed E-state index contributed by atoms with van der Waals surface area (Å²) in [6, 6.07) is 9.39. The molecule has 82 valence electrons. The maximum Gasteiger partial charge on any atom is 0.258 e. The van der Waals surface area contributed by atoms with Gasteiger partial charge in [-0.15, -0.1) is 0 Å². The van der Waals surface area contributed by atoms with Gasteiger partial charge in [0.1, 0.15) is 0 Å². The molecule has 0 saturated carbocycles. The molecule has 0 aromatic heterocycles. The van der Waals surface area contributed by atoms with E-state index in [9.17, 15) is 9.59 Å². The van der Waals surface area contributed by atoms with Gasteiger partial charge in [0.05, 0.1) is 6.61 Å². The minimum Gasteiger partial charge on any atom is -0.363 e. The third-order valence-electron chi connectivity index (χ3n) is 2.10. The van der Waals surface area contributed by atoms with E-state index in [1.807, 2.05) is 30.3 Å². The highest BCUT2D eigenvalue weighted by molar-refractivity contribution is 6.04. The fraction of sp³-hybridized carbons (Fsp3) is 0.167. The molecule has 1 N–H and O–H groups in total. The number of hydrogen-bond acceptors (Lipinski definition) is 3. The summed E-state index contributed by atoms with van der Waals surface area (Å²) in [7, 11) is 0. The summed E-state index contributed by atoms with van der Waals surface area (Å²) in [6.07, 6.45) is 2.54. The smallest absolute Gasteiger partial charge is 0.258 e. The first-order valence-electron chi connectivity index (χ1n) is 4.95. The number of hydrogen-bond donors (Lipinski definition) is 1. The van der Waals surface area contributed by atoms with Crippen LogP contribution in [0.15, 0.2) is 36.4 Å². The Labute approximate surface area is 92.9 Å². The van der Waals surface area contributed by atoms with Crippen LogP contribution < -0.4 is 5.32 Å². The Balaban J connectivity index is 1.87. The number of amides is 2. The zero-order valence-corrected chi connectivity index (χ0v) is 8.55. The molecule has 4 nitrogen and oxygen atoms in total. The summed E-state index contributed by atoms with van der Waals surface area (Å²) in [4.78, 5) is 22.4. The first kappa shape index (κ1) is 10.6. The van der Waals surface area contributed by atoms with E-state index in [2.05, 4.69) is 5.32 Å². The van der Waals surface area contributed by atoms with Gasteiger partial charge in [-0.3, -0.25) is 14.9 Å². The molecule has 2 amide bonds. The maximum atomic E-state index is 11.3. The van der Waals surface area contributed by atoms with Crippen LogP contribution >= 0.6 is 0 Å². The molecule has 1 aromatic rings. The normalized spacial score (nSPS) is 18.4. The van der Waals surface area contributed by atoms with Crippen molar-refractivity contribution in [2.75, 3.05) is 6.61 Å². The minimum atomic E-state index is -0.436. The Bertz CT molecular complexity index is 421. The Morgan fingerprint density at radius 2 is 2.00 bits per heavy atom. The van der Waals surface area contributed by atoms with Gasteiger partial charge in [-0.1, -0.05) is 30.3 Å². The van der Waals surface area contributed by atoms with E-state index < -0.39 is 12.0 Å². The van der Waals surface area contributed by atoms with Crippen LogP contribution in [-0.4, -0.2) is 24.5 Å². The average molecular weight is 217 g/mol. The van der Waals surface area contributed by atoms with Crippen molar-refractivity contribution in [1.82, 2.24) is 5.32 Å². The van der Waals surface area contributed by atoms with Gasteiger partial charge >= 0.3 is 0 Å². The number of ether oxygens (including phenoxy) is 1. The van der Waals surface area contributed by atoms with E-state index in [-0.39, 0.29) is 5.91 Å². The molecule has 1 atom stereocenters. The van der Waals surface area contributed by atoms with Crippen molar-refractivity contribution in [1.29, 1.82) is 0 Å². The number of carbonyl (C=O) groups excluding carboxylic acids is 2. The molecule has 1 saturated heterocycles. The highest BCUT2D eigenvalue weighted by Crippen LogP contribution is 2.08. The number of carbonyl (C=O) groups is 2. The van der Waals surface area contributed by atoms with Crippen LogP contribution in [0.1, 0.15) is 5.56 Å². The lowest BCUT2D eigenvalue weighted by Gasteiger charge is -1.96. The zero-order valence-electron chi connectivity index (χ0n) is 8.55. The van der Waals surface area contributed by atoms with Crippen molar-refractivity contribution in [2.45, 2.75) is 6.10 Å². The number of epoxide rings is 1. The topological polar surface area (TPSA) is 58.7 Å². The van der Waals surface area contributed by atoms with Crippen LogP contribution in [0.4, 0.5) is 0 Å². The Morgan fingerprint density at radius 3 is 2.62 bits per heavy atom. The molecule has 16 heavy (non-hydrogen) atoms. The maximum absolute atomic E-state index is 11.3. The standard InChI is InChI=1S/C12H11NO3/c14-11(13-12(15)10-8-16-10)7-6-9-4-2-1-3-5-9/h1-7,10H,8H2,(H,13,14,15)/b7-6+. The summed E-state index contributed by atoms with van der Waals surface area (Å²) in [5.74, 6) is -0.799. The largest absolute Gasteiger partial charge is 0.363 e. The van der Waals surface area contributed by atoms with Crippen molar-refractivity contribution in [2.24, 2.45) is 0 Å². The third kappa shape index (κ3) is 3.03. The van der Waals surface area contributed by atoms with E-state index >= 15 is 0 Å². The van der Waals surface area contributed by atoms with Gasteiger partial charge in [-0.2, -0.15) is 0 Å². The van der Waals surface area contributed by atoms with Crippen LogP contribution in [0.3, 0.4) is 0 Å². The Kier molecular flexibility index (Phi) is 3.12.